The van der Waals surface area contributed by atoms with Gasteiger partial charge in [0.25, 0.3) is 0 Å². The van der Waals surface area contributed by atoms with E-state index in [1.165, 1.54) is 25.7 Å². The molecule has 2 fully saturated rings. The molecule has 2 rings (SSSR count). The van der Waals surface area contributed by atoms with Crippen LogP contribution in [0.25, 0.3) is 0 Å². The number of hydrogen-bond acceptors (Lipinski definition) is 2. The Morgan fingerprint density at radius 2 is 1.81 bits per heavy atom. The van der Waals surface area contributed by atoms with E-state index >= 15 is 0 Å². The average molecular weight is 224 g/mol. The van der Waals surface area contributed by atoms with Crippen LogP contribution in [-0.4, -0.2) is 18.5 Å². The van der Waals surface area contributed by atoms with Gasteiger partial charge in [0.15, 0.2) is 0 Å². The topological polar surface area (TPSA) is 62.4 Å². The van der Waals surface area contributed by atoms with Crippen molar-refractivity contribution in [2.24, 2.45) is 28.6 Å². The van der Waals surface area contributed by atoms with Gasteiger partial charge in [0, 0.05) is 12.6 Å². The Hall–Kier alpha value is -0.770. The highest BCUT2D eigenvalue weighted by molar-refractivity contribution is 5.79. The minimum atomic E-state index is 0.370. The van der Waals surface area contributed by atoms with E-state index in [1.807, 2.05) is 0 Å². The molecule has 0 heterocycles. The monoisotopic (exact) mass is 224 g/mol. The molecule has 0 aliphatic heterocycles. The minimum Gasteiger partial charge on any atom is -0.353 e. The molecule has 4 nitrogen and oxygen atoms in total. The zero-order chi connectivity index (χ0) is 11.5. The molecule has 2 saturated carbocycles. The molecule has 0 radical (unpaired) electrons. The van der Waals surface area contributed by atoms with E-state index < -0.39 is 0 Å². The van der Waals surface area contributed by atoms with Gasteiger partial charge in [-0.1, -0.05) is 0 Å². The molecule has 0 bridgehead atoms. The van der Waals surface area contributed by atoms with E-state index in [0.717, 1.165) is 30.3 Å². The third-order valence-electron chi connectivity index (χ3n) is 3.48. The predicted molar refractivity (Wildman–Crippen MR) is 66.8 cm³/mol. The third kappa shape index (κ3) is 3.37. The lowest BCUT2D eigenvalue weighted by Gasteiger charge is -2.15. The molecular formula is C12H24N4. The van der Waals surface area contributed by atoms with Crippen molar-refractivity contribution in [2.45, 2.75) is 45.6 Å². The van der Waals surface area contributed by atoms with E-state index in [-0.39, 0.29) is 0 Å². The largest absolute Gasteiger partial charge is 0.353 e. The molecule has 4 N–H and O–H groups in total. The fourth-order valence-corrected chi connectivity index (χ4v) is 2.33. The highest BCUT2D eigenvalue weighted by Crippen LogP contribution is 2.49. The number of hydrazine groups is 1. The fraction of sp³-hybridized carbons (Fsp3) is 0.917. The number of nitrogens with two attached hydrogens (primary N) is 1. The van der Waals surface area contributed by atoms with Crippen LogP contribution in [0.15, 0.2) is 4.99 Å². The Morgan fingerprint density at radius 3 is 2.19 bits per heavy atom. The van der Waals surface area contributed by atoms with Crippen molar-refractivity contribution in [1.82, 2.24) is 10.7 Å². The fourth-order valence-electron chi connectivity index (χ4n) is 2.33. The molecule has 0 spiro atoms. The number of nitrogens with one attached hydrogen (secondary N) is 2. The van der Waals surface area contributed by atoms with Crippen LogP contribution in [0.1, 0.15) is 39.5 Å². The van der Waals surface area contributed by atoms with E-state index in [2.05, 4.69) is 29.6 Å². The van der Waals surface area contributed by atoms with Crippen LogP contribution >= 0.6 is 0 Å². The van der Waals surface area contributed by atoms with Crippen molar-refractivity contribution in [3.05, 3.63) is 0 Å². The van der Waals surface area contributed by atoms with Gasteiger partial charge < -0.3 is 5.32 Å². The van der Waals surface area contributed by atoms with Gasteiger partial charge in [-0.3, -0.25) is 10.4 Å². The number of guanidine groups is 1. The zero-order valence-corrected chi connectivity index (χ0v) is 10.4. The first kappa shape index (κ1) is 11.7. The standard InChI is InChI=1S/C12H24N4/c1-8(2)15-12(16-13)14-7-11(9-3-4-9)10-5-6-10/h8-11H,3-7,13H2,1-2H3,(H2,14,15,16). The van der Waals surface area contributed by atoms with Crippen LogP contribution in [0.2, 0.25) is 0 Å². The Kier molecular flexibility index (Phi) is 3.69. The average Bonchev–Trinajstić information content (AvgIpc) is 3.09. The number of nitrogens with zero attached hydrogens (tertiary/aromatic N) is 1. The molecule has 2 aliphatic rings. The molecular weight excluding hydrogens is 200 g/mol. The lowest BCUT2D eigenvalue weighted by molar-refractivity contribution is 0.416. The molecule has 0 unspecified atom stereocenters. The lowest BCUT2D eigenvalue weighted by atomic mass is 9.98. The molecule has 92 valence electrons. The maximum absolute atomic E-state index is 5.45. The van der Waals surface area contributed by atoms with Crippen LogP contribution < -0.4 is 16.6 Å². The van der Waals surface area contributed by atoms with E-state index in [4.69, 9.17) is 5.84 Å². The Bertz CT molecular complexity index is 242. The first-order valence-electron chi connectivity index (χ1n) is 6.48. The van der Waals surface area contributed by atoms with Crippen molar-refractivity contribution in [3.8, 4) is 0 Å². The molecule has 0 saturated heterocycles. The molecule has 16 heavy (non-hydrogen) atoms. The van der Waals surface area contributed by atoms with Gasteiger partial charge in [0.05, 0.1) is 0 Å². The summed E-state index contributed by atoms with van der Waals surface area (Å²) in [4.78, 5) is 4.57. The first-order valence-corrected chi connectivity index (χ1v) is 6.48. The summed E-state index contributed by atoms with van der Waals surface area (Å²) in [6.45, 7) is 5.12. The second-order valence-electron chi connectivity index (χ2n) is 5.47. The molecule has 2 aliphatic carbocycles. The Labute approximate surface area is 98.0 Å². The van der Waals surface area contributed by atoms with Gasteiger partial charge in [0.1, 0.15) is 0 Å². The van der Waals surface area contributed by atoms with Crippen molar-refractivity contribution in [3.63, 3.8) is 0 Å². The summed E-state index contributed by atoms with van der Waals surface area (Å²) >= 11 is 0. The van der Waals surface area contributed by atoms with E-state index in [9.17, 15) is 0 Å². The van der Waals surface area contributed by atoms with Gasteiger partial charge in [0.2, 0.25) is 5.96 Å². The van der Waals surface area contributed by atoms with Crippen molar-refractivity contribution >= 4 is 5.96 Å². The quantitative estimate of drug-likeness (QED) is 0.285. The highest BCUT2D eigenvalue weighted by atomic mass is 15.3. The molecule has 4 heteroatoms. The SMILES string of the molecule is CC(C)NC(=NCC(C1CC1)C1CC1)NN. The molecule has 0 aromatic carbocycles. The summed E-state index contributed by atoms with van der Waals surface area (Å²) in [6.07, 6.45) is 5.67. The first-order chi connectivity index (χ1) is 7.70. The third-order valence-corrected chi connectivity index (χ3v) is 3.48. The summed E-state index contributed by atoms with van der Waals surface area (Å²) in [6, 6.07) is 0.370. The van der Waals surface area contributed by atoms with E-state index in [0.29, 0.717) is 6.04 Å². The van der Waals surface area contributed by atoms with Gasteiger partial charge in [-0.2, -0.15) is 0 Å². The summed E-state index contributed by atoms with van der Waals surface area (Å²) in [5.74, 6) is 8.91. The lowest BCUT2D eigenvalue weighted by Crippen LogP contribution is -2.44. The second-order valence-corrected chi connectivity index (χ2v) is 5.47. The minimum absolute atomic E-state index is 0.370. The van der Waals surface area contributed by atoms with Crippen molar-refractivity contribution < 1.29 is 0 Å². The second kappa shape index (κ2) is 5.04. The van der Waals surface area contributed by atoms with Crippen LogP contribution in [0.5, 0.6) is 0 Å². The van der Waals surface area contributed by atoms with Crippen molar-refractivity contribution in [2.75, 3.05) is 6.54 Å². The summed E-state index contributed by atoms with van der Waals surface area (Å²) in [7, 11) is 0. The highest BCUT2D eigenvalue weighted by Gasteiger charge is 2.41. The zero-order valence-electron chi connectivity index (χ0n) is 10.4. The van der Waals surface area contributed by atoms with Crippen LogP contribution in [0, 0.1) is 17.8 Å². The van der Waals surface area contributed by atoms with Gasteiger partial charge in [-0.05, 0) is 57.3 Å². The molecule has 0 atom stereocenters. The number of aliphatic imine (C=N–C) groups is 1. The van der Waals surface area contributed by atoms with Crippen molar-refractivity contribution in [1.29, 1.82) is 0 Å². The Balaban J connectivity index is 1.83. The molecule has 0 aromatic heterocycles. The predicted octanol–water partition coefficient (Wildman–Crippen LogP) is 1.24. The van der Waals surface area contributed by atoms with Gasteiger partial charge in [-0.25, -0.2) is 5.84 Å². The normalized spacial score (nSPS) is 21.7. The van der Waals surface area contributed by atoms with Crippen LogP contribution in [0.3, 0.4) is 0 Å². The van der Waals surface area contributed by atoms with Crippen LogP contribution in [-0.2, 0) is 0 Å². The van der Waals surface area contributed by atoms with Crippen LogP contribution in [0.4, 0.5) is 0 Å². The van der Waals surface area contributed by atoms with Gasteiger partial charge >= 0.3 is 0 Å². The summed E-state index contributed by atoms with van der Waals surface area (Å²) < 4.78 is 0. The molecule has 0 amide bonds. The van der Waals surface area contributed by atoms with Gasteiger partial charge in [-0.15, -0.1) is 0 Å². The smallest absolute Gasteiger partial charge is 0.205 e. The Morgan fingerprint density at radius 1 is 1.25 bits per heavy atom. The van der Waals surface area contributed by atoms with E-state index in [1.54, 1.807) is 0 Å². The maximum atomic E-state index is 5.45. The molecule has 0 aromatic rings. The maximum Gasteiger partial charge on any atom is 0.205 e. The summed E-state index contributed by atoms with van der Waals surface area (Å²) in [5.41, 5.74) is 2.65. The summed E-state index contributed by atoms with van der Waals surface area (Å²) in [5, 5.41) is 3.22. The number of hydrogen-bond donors (Lipinski definition) is 3. The number of rotatable bonds is 5.